The fourth-order valence-corrected chi connectivity index (χ4v) is 4.85. The van der Waals surface area contributed by atoms with Gasteiger partial charge in [0.2, 0.25) is 0 Å². The summed E-state index contributed by atoms with van der Waals surface area (Å²) in [6, 6.07) is 16.3. The van der Waals surface area contributed by atoms with E-state index in [2.05, 4.69) is 10.4 Å². The van der Waals surface area contributed by atoms with Gasteiger partial charge in [0.25, 0.3) is 5.91 Å². The van der Waals surface area contributed by atoms with Gasteiger partial charge in [0.05, 0.1) is 21.8 Å². The number of hydrogen-bond donors (Lipinski definition) is 1. The molecule has 1 N–H and O–H groups in total. The Kier molecular flexibility index (Phi) is 6.89. The van der Waals surface area contributed by atoms with E-state index in [1.807, 2.05) is 49.4 Å². The number of carbonyl (C=O) groups excluding carboxylic acids is 2. The van der Waals surface area contributed by atoms with Gasteiger partial charge in [-0.3, -0.25) is 4.79 Å². The van der Waals surface area contributed by atoms with E-state index in [-0.39, 0.29) is 18.6 Å². The van der Waals surface area contributed by atoms with Gasteiger partial charge in [-0.1, -0.05) is 59.6 Å². The number of benzene rings is 2. The van der Waals surface area contributed by atoms with Crippen molar-refractivity contribution in [1.29, 1.82) is 0 Å². The van der Waals surface area contributed by atoms with Crippen molar-refractivity contribution in [2.45, 2.75) is 19.6 Å². The minimum Gasteiger partial charge on any atom is -0.445 e. The zero-order valence-corrected chi connectivity index (χ0v) is 21.2. The first-order valence-electron chi connectivity index (χ1n) is 11.6. The molecule has 2 aromatic carbocycles. The Morgan fingerprint density at radius 2 is 1.72 bits per heavy atom. The van der Waals surface area contributed by atoms with Gasteiger partial charge in [-0.25, -0.2) is 9.48 Å². The molecule has 36 heavy (non-hydrogen) atoms. The Morgan fingerprint density at radius 3 is 2.44 bits per heavy atom. The number of amides is 2. The molecule has 0 aliphatic carbocycles. The summed E-state index contributed by atoms with van der Waals surface area (Å²) in [7, 11) is 0. The van der Waals surface area contributed by atoms with E-state index in [1.54, 1.807) is 32.8 Å². The molecular formula is C26H25Cl2N5O3. The summed E-state index contributed by atoms with van der Waals surface area (Å²) in [5.41, 5.74) is 3.05. The molecule has 3 heterocycles. The van der Waals surface area contributed by atoms with Gasteiger partial charge in [-0.15, -0.1) is 0 Å². The Labute approximate surface area is 219 Å². The molecule has 8 nitrogen and oxygen atoms in total. The number of halogens is 2. The van der Waals surface area contributed by atoms with Crippen molar-refractivity contribution in [2.75, 3.05) is 31.5 Å². The normalized spacial score (nSPS) is 17.5. The predicted molar refractivity (Wildman–Crippen MR) is 138 cm³/mol. The Morgan fingerprint density at radius 1 is 1.00 bits per heavy atom. The van der Waals surface area contributed by atoms with Crippen LogP contribution < -0.4 is 5.32 Å². The molecule has 2 amide bonds. The van der Waals surface area contributed by atoms with Crippen LogP contribution in [0.25, 0.3) is 0 Å². The fourth-order valence-electron chi connectivity index (χ4n) is 4.55. The maximum atomic E-state index is 13.8. The van der Waals surface area contributed by atoms with Crippen molar-refractivity contribution in [3.05, 3.63) is 93.2 Å². The van der Waals surface area contributed by atoms with Crippen molar-refractivity contribution in [3.8, 4) is 0 Å². The first kappa shape index (κ1) is 24.2. The van der Waals surface area contributed by atoms with Crippen LogP contribution in [0.2, 0.25) is 10.0 Å². The van der Waals surface area contributed by atoms with E-state index in [9.17, 15) is 9.59 Å². The lowest BCUT2D eigenvalue weighted by molar-refractivity contribution is -0.129. The molecule has 1 aromatic heterocycles. The number of nitrogens with zero attached hydrogens (tertiary/aromatic N) is 4. The summed E-state index contributed by atoms with van der Waals surface area (Å²) in [6.45, 7) is 3.68. The lowest BCUT2D eigenvalue weighted by Crippen LogP contribution is -2.52. The first-order chi connectivity index (χ1) is 17.4. The first-order valence-corrected chi connectivity index (χ1v) is 12.4. The molecule has 1 unspecified atom stereocenters. The number of piperazine rings is 1. The molecule has 10 heteroatoms. The average molecular weight is 526 g/mol. The SMILES string of the molecule is CC1=C(C(=O)N2CCN(C(=O)OCc3ccccc3)CC2)C(c2ccc(Cl)c(Cl)c2)n2nccc2N1. The van der Waals surface area contributed by atoms with Gasteiger partial charge in [-0.2, -0.15) is 5.10 Å². The molecule has 3 aromatic rings. The highest BCUT2D eigenvalue weighted by atomic mass is 35.5. The fraction of sp³-hybridized carbons (Fsp3) is 0.269. The number of fused-ring (bicyclic) bond motifs is 1. The lowest BCUT2D eigenvalue weighted by atomic mass is 9.94. The number of nitrogens with one attached hydrogen (secondary N) is 1. The largest absolute Gasteiger partial charge is 0.445 e. The minimum absolute atomic E-state index is 0.116. The van der Waals surface area contributed by atoms with Crippen molar-refractivity contribution in [2.24, 2.45) is 0 Å². The third kappa shape index (κ3) is 4.79. The van der Waals surface area contributed by atoms with E-state index in [4.69, 9.17) is 27.9 Å². The van der Waals surface area contributed by atoms with E-state index in [1.165, 1.54) is 0 Å². The maximum Gasteiger partial charge on any atom is 0.410 e. The van der Waals surface area contributed by atoms with Gasteiger partial charge in [0, 0.05) is 37.9 Å². The smallest absolute Gasteiger partial charge is 0.410 e. The van der Waals surface area contributed by atoms with Crippen LogP contribution in [0.4, 0.5) is 10.6 Å². The second-order valence-electron chi connectivity index (χ2n) is 8.72. The van der Waals surface area contributed by atoms with Crippen molar-refractivity contribution < 1.29 is 14.3 Å². The van der Waals surface area contributed by atoms with Gasteiger partial charge < -0.3 is 19.9 Å². The van der Waals surface area contributed by atoms with E-state index in [0.29, 0.717) is 41.8 Å². The zero-order valence-electron chi connectivity index (χ0n) is 19.7. The molecule has 0 bridgehead atoms. The number of ether oxygens (including phenoxy) is 1. The molecule has 186 valence electrons. The van der Waals surface area contributed by atoms with Crippen molar-refractivity contribution >= 4 is 41.0 Å². The second-order valence-corrected chi connectivity index (χ2v) is 9.53. The Balaban J connectivity index is 1.30. The van der Waals surface area contributed by atoms with E-state index >= 15 is 0 Å². The number of rotatable bonds is 4. The number of allylic oxidation sites excluding steroid dienone is 1. The average Bonchev–Trinajstić information content (AvgIpc) is 3.36. The number of carbonyl (C=O) groups is 2. The highest BCUT2D eigenvalue weighted by Crippen LogP contribution is 2.38. The summed E-state index contributed by atoms with van der Waals surface area (Å²) in [4.78, 5) is 29.8. The van der Waals surface area contributed by atoms with Crippen LogP contribution in [0.5, 0.6) is 0 Å². The third-order valence-electron chi connectivity index (χ3n) is 6.43. The molecule has 0 spiro atoms. The predicted octanol–water partition coefficient (Wildman–Crippen LogP) is 4.96. The topological polar surface area (TPSA) is 79.7 Å². The third-order valence-corrected chi connectivity index (χ3v) is 7.17. The highest BCUT2D eigenvalue weighted by molar-refractivity contribution is 6.42. The van der Waals surface area contributed by atoms with Crippen LogP contribution in [-0.2, 0) is 16.1 Å². The van der Waals surface area contributed by atoms with Crippen LogP contribution in [0.3, 0.4) is 0 Å². The van der Waals surface area contributed by atoms with Crippen LogP contribution in [0, 0.1) is 0 Å². The van der Waals surface area contributed by atoms with Gasteiger partial charge in [0.1, 0.15) is 18.5 Å². The molecule has 5 rings (SSSR count). The quantitative estimate of drug-likeness (QED) is 0.520. The molecule has 1 atom stereocenters. The summed E-state index contributed by atoms with van der Waals surface area (Å²) in [5.74, 6) is 0.667. The monoisotopic (exact) mass is 525 g/mol. The minimum atomic E-state index is -0.465. The molecular weight excluding hydrogens is 501 g/mol. The van der Waals surface area contributed by atoms with Gasteiger partial charge >= 0.3 is 6.09 Å². The van der Waals surface area contributed by atoms with Crippen LogP contribution in [0.15, 0.2) is 72.1 Å². The maximum absolute atomic E-state index is 13.8. The summed E-state index contributed by atoms with van der Waals surface area (Å²) >= 11 is 12.5. The number of aromatic nitrogens is 2. The second kappa shape index (κ2) is 10.2. The van der Waals surface area contributed by atoms with Crippen LogP contribution in [-0.4, -0.2) is 57.8 Å². The molecule has 1 fully saturated rings. The molecule has 0 saturated carbocycles. The summed E-state index contributed by atoms with van der Waals surface area (Å²) in [6.07, 6.45) is 1.31. The van der Waals surface area contributed by atoms with Crippen molar-refractivity contribution in [1.82, 2.24) is 19.6 Å². The molecule has 0 radical (unpaired) electrons. The van der Waals surface area contributed by atoms with E-state index in [0.717, 1.165) is 22.6 Å². The molecule has 1 saturated heterocycles. The zero-order chi connectivity index (χ0) is 25.2. The Bertz CT molecular complexity index is 1320. The van der Waals surface area contributed by atoms with Crippen LogP contribution >= 0.6 is 23.2 Å². The van der Waals surface area contributed by atoms with Gasteiger partial charge in [-0.05, 0) is 30.2 Å². The van der Waals surface area contributed by atoms with Crippen LogP contribution in [0.1, 0.15) is 24.1 Å². The lowest BCUT2D eigenvalue weighted by Gasteiger charge is -2.37. The van der Waals surface area contributed by atoms with E-state index < -0.39 is 6.04 Å². The molecule has 2 aliphatic heterocycles. The number of hydrogen-bond acceptors (Lipinski definition) is 5. The van der Waals surface area contributed by atoms with Gasteiger partial charge in [0.15, 0.2) is 0 Å². The number of anilines is 1. The molecule has 2 aliphatic rings. The van der Waals surface area contributed by atoms with Crippen molar-refractivity contribution in [3.63, 3.8) is 0 Å². The summed E-state index contributed by atoms with van der Waals surface area (Å²) < 4.78 is 7.23. The summed E-state index contributed by atoms with van der Waals surface area (Å²) in [5, 5.41) is 8.60. The standard InChI is InChI=1S/C26H25Cl2N5O3/c1-17-23(24(33-22(30-17)9-10-29-33)19-7-8-20(27)21(28)15-19)25(34)31-11-13-32(14-12-31)26(35)36-16-18-5-3-2-4-6-18/h2-10,15,24,30H,11-14,16H2,1H3. The Hall–Kier alpha value is -3.49. The highest BCUT2D eigenvalue weighted by Gasteiger charge is 2.36.